The van der Waals surface area contributed by atoms with E-state index in [1.165, 1.54) is 0 Å². The minimum Gasteiger partial charge on any atom is -0.303 e. The fourth-order valence-electron chi connectivity index (χ4n) is 1.93. The Morgan fingerprint density at radius 3 is 2.35 bits per heavy atom. The van der Waals surface area contributed by atoms with Crippen molar-refractivity contribution in [2.24, 2.45) is 4.99 Å². The van der Waals surface area contributed by atoms with E-state index < -0.39 is 0 Å². The summed E-state index contributed by atoms with van der Waals surface area (Å²) in [4.78, 5) is 4.58. The third-order valence-electron chi connectivity index (χ3n) is 2.96. The number of hydrazine groups is 1. The predicted molar refractivity (Wildman–Crippen MR) is 83.5 cm³/mol. The van der Waals surface area contributed by atoms with Crippen molar-refractivity contribution in [2.45, 2.75) is 6.17 Å². The van der Waals surface area contributed by atoms with Crippen LogP contribution in [0.15, 0.2) is 47.5 Å². The van der Waals surface area contributed by atoms with Crippen molar-refractivity contribution < 1.29 is 0 Å². The van der Waals surface area contributed by atoms with Gasteiger partial charge in [0.25, 0.3) is 0 Å². The van der Waals surface area contributed by atoms with Crippen LogP contribution in [0.5, 0.6) is 0 Å². The Morgan fingerprint density at radius 2 is 1.65 bits per heavy atom. The first kappa shape index (κ1) is 13.7. The van der Waals surface area contributed by atoms with Crippen LogP contribution in [0.25, 0.3) is 0 Å². The Labute approximate surface area is 131 Å². The molecule has 0 bridgehead atoms. The molecule has 0 amide bonds. The lowest BCUT2D eigenvalue weighted by Crippen LogP contribution is -2.31. The first-order chi connectivity index (χ1) is 9.63. The van der Waals surface area contributed by atoms with Gasteiger partial charge >= 0.3 is 0 Å². The maximum atomic E-state index is 6.02. The van der Waals surface area contributed by atoms with Crippen LogP contribution in [-0.2, 0) is 0 Å². The number of rotatable bonds is 2. The number of halogens is 3. The van der Waals surface area contributed by atoms with Gasteiger partial charge in [0.15, 0.2) is 0 Å². The maximum absolute atomic E-state index is 6.02. The lowest BCUT2D eigenvalue weighted by atomic mass is 10.2. The predicted octanol–water partition coefficient (Wildman–Crippen LogP) is 4.20. The van der Waals surface area contributed by atoms with E-state index in [0.29, 0.717) is 15.1 Å². The van der Waals surface area contributed by atoms with Crippen molar-refractivity contribution in [3.05, 3.63) is 68.7 Å². The highest BCUT2D eigenvalue weighted by Crippen LogP contribution is 2.27. The molecule has 2 aromatic rings. The zero-order valence-electron chi connectivity index (χ0n) is 10.2. The van der Waals surface area contributed by atoms with Crippen LogP contribution in [0.4, 0.5) is 0 Å². The van der Waals surface area contributed by atoms with Gasteiger partial charge in [0.1, 0.15) is 12.0 Å². The second-order valence-electron chi connectivity index (χ2n) is 4.33. The van der Waals surface area contributed by atoms with Gasteiger partial charge in [0.2, 0.25) is 0 Å². The number of aliphatic imine (C=N–C) groups is 1. The molecule has 0 saturated carbocycles. The largest absolute Gasteiger partial charge is 0.303 e. The van der Waals surface area contributed by atoms with Crippen LogP contribution in [0.2, 0.25) is 15.1 Å². The normalized spacial score (nSPS) is 17.8. The van der Waals surface area contributed by atoms with Gasteiger partial charge in [0, 0.05) is 10.6 Å². The fourth-order valence-corrected chi connectivity index (χ4v) is 2.36. The van der Waals surface area contributed by atoms with Gasteiger partial charge in [-0.3, -0.25) is 0 Å². The lowest BCUT2D eigenvalue weighted by molar-refractivity contribution is 0.575. The topological polar surface area (TPSA) is 36.4 Å². The first-order valence-corrected chi connectivity index (χ1v) is 7.07. The molecule has 1 heterocycles. The molecule has 3 rings (SSSR count). The molecule has 2 aromatic carbocycles. The molecule has 0 spiro atoms. The second-order valence-corrected chi connectivity index (χ2v) is 5.58. The molecular weight excluding hydrogens is 317 g/mol. The van der Waals surface area contributed by atoms with Crippen LogP contribution in [0, 0.1) is 0 Å². The Kier molecular flexibility index (Phi) is 3.85. The summed E-state index contributed by atoms with van der Waals surface area (Å²) in [5, 5.41) is 1.74. The number of amidine groups is 1. The summed E-state index contributed by atoms with van der Waals surface area (Å²) in [6, 6.07) is 12.9. The van der Waals surface area contributed by atoms with E-state index in [4.69, 9.17) is 34.8 Å². The smallest absolute Gasteiger partial charge is 0.144 e. The molecular formula is C14H10Cl3N3. The van der Waals surface area contributed by atoms with Crippen LogP contribution in [0.3, 0.4) is 0 Å². The molecule has 0 fully saturated rings. The van der Waals surface area contributed by atoms with Gasteiger partial charge in [0.05, 0.1) is 10.0 Å². The molecule has 0 unspecified atom stereocenters. The number of hydrogen-bond acceptors (Lipinski definition) is 3. The molecule has 1 aliphatic heterocycles. The minimum atomic E-state index is -0.199. The monoisotopic (exact) mass is 325 g/mol. The molecule has 6 heteroatoms. The third kappa shape index (κ3) is 2.76. The summed E-state index contributed by atoms with van der Waals surface area (Å²) in [5.41, 5.74) is 8.05. The van der Waals surface area contributed by atoms with E-state index >= 15 is 0 Å². The molecule has 1 atom stereocenters. The van der Waals surface area contributed by atoms with Crippen LogP contribution < -0.4 is 10.9 Å². The van der Waals surface area contributed by atoms with E-state index in [-0.39, 0.29) is 6.17 Å². The summed E-state index contributed by atoms with van der Waals surface area (Å²) >= 11 is 17.8. The van der Waals surface area contributed by atoms with E-state index in [1.54, 1.807) is 12.1 Å². The molecule has 2 N–H and O–H groups in total. The molecule has 0 aliphatic carbocycles. The highest BCUT2D eigenvalue weighted by Gasteiger charge is 2.19. The third-order valence-corrected chi connectivity index (χ3v) is 3.95. The van der Waals surface area contributed by atoms with E-state index in [0.717, 1.165) is 17.0 Å². The molecule has 3 nitrogen and oxygen atoms in total. The van der Waals surface area contributed by atoms with Crippen molar-refractivity contribution in [3.8, 4) is 0 Å². The van der Waals surface area contributed by atoms with E-state index in [1.807, 2.05) is 30.3 Å². The molecule has 20 heavy (non-hydrogen) atoms. The molecule has 0 radical (unpaired) electrons. The van der Waals surface area contributed by atoms with Gasteiger partial charge in [-0.15, -0.1) is 0 Å². The molecule has 0 saturated heterocycles. The summed E-state index contributed by atoms with van der Waals surface area (Å²) in [6.45, 7) is 0. The van der Waals surface area contributed by atoms with Gasteiger partial charge in [-0.2, -0.15) is 0 Å². The summed E-state index contributed by atoms with van der Waals surface area (Å²) in [7, 11) is 0. The zero-order chi connectivity index (χ0) is 14.1. The maximum Gasteiger partial charge on any atom is 0.144 e. The average Bonchev–Trinajstić information content (AvgIpc) is 2.92. The van der Waals surface area contributed by atoms with Crippen molar-refractivity contribution in [1.82, 2.24) is 10.9 Å². The van der Waals surface area contributed by atoms with E-state index in [2.05, 4.69) is 15.8 Å². The van der Waals surface area contributed by atoms with Gasteiger partial charge in [-0.05, 0) is 42.0 Å². The van der Waals surface area contributed by atoms with Crippen molar-refractivity contribution in [2.75, 3.05) is 0 Å². The van der Waals surface area contributed by atoms with Gasteiger partial charge in [-0.1, -0.05) is 40.9 Å². The second kappa shape index (κ2) is 5.62. The highest BCUT2D eigenvalue weighted by atomic mass is 35.5. The summed E-state index contributed by atoms with van der Waals surface area (Å²) in [6.07, 6.45) is -0.199. The van der Waals surface area contributed by atoms with Gasteiger partial charge < -0.3 is 5.43 Å². The zero-order valence-corrected chi connectivity index (χ0v) is 12.5. The Bertz CT molecular complexity index is 668. The number of nitrogens with one attached hydrogen (secondary N) is 2. The minimum absolute atomic E-state index is 0.199. The van der Waals surface area contributed by atoms with Gasteiger partial charge in [-0.25, -0.2) is 10.4 Å². The Morgan fingerprint density at radius 1 is 0.900 bits per heavy atom. The standard InChI is InChI=1S/C14H10Cl3N3/c15-10-4-1-8(2-5-10)13-18-14(20-19-13)9-3-6-11(16)12(17)7-9/h1-7,14,20H,(H,18,19)/t14-/m0/s1. The van der Waals surface area contributed by atoms with Crippen molar-refractivity contribution in [1.29, 1.82) is 0 Å². The molecule has 0 aromatic heterocycles. The van der Waals surface area contributed by atoms with Crippen LogP contribution in [-0.4, -0.2) is 5.84 Å². The molecule has 1 aliphatic rings. The van der Waals surface area contributed by atoms with E-state index in [9.17, 15) is 0 Å². The van der Waals surface area contributed by atoms with Crippen molar-refractivity contribution >= 4 is 40.6 Å². The lowest BCUT2D eigenvalue weighted by Gasteiger charge is -2.08. The summed E-state index contributed by atoms with van der Waals surface area (Å²) < 4.78 is 0. The number of nitrogens with zero attached hydrogens (tertiary/aromatic N) is 1. The Hall–Kier alpha value is -1.26. The SMILES string of the molecule is Clc1ccc(C2=N[C@H](c3ccc(Cl)c(Cl)c3)NN2)cc1. The highest BCUT2D eigenvalue weighted by molar-refractivity contribution is 6.42. The fraction of sp³-hybridized carbons (Fsp3) is 0.0714. The Balaban J connectivity index is 1.87. The van der Waals surface area contributed by atoms with Crippen molar-refractivity contribution in [3.63, 3.8) is 0 Å². The first-order valence-electron chi connectivity index (χ1n) is 5.94. The number of hydrogen-bond donors (Lipinski definition) is 2. The number of benzene rings is 2. The van der Waals surface area contributed by atoms with Crippen LogP contribution in [0.1, 0.15) is 17.3 Å². The summed E-state index contributed by atoms with van der Waals surface area (Å²) in [5.74, 6) is 0.762. The quantitative estimate of drug-likeness (QED) is 0.867. The average molecular weight is 327 g/mol. The molecule has 102 valence electrons. The van der Waals surface area contributed by atoms with Crippen LogP contribution >= 0.6 is 34.8 Å².